The second-order valence-corrected chi connectivity index (χ2v) is 2.38. The zero-order chi connectivity index (χ0) is 9.56. The third-order valence-electron chi connectivity index (χ3n) is 1.42. The quantitative estimate of drug-likeness (QED) is 0.610. The van der Waals surface area contributed by atoms with Crippen LogP contribution < -0.4 is 11.1 Å². The normalized spacial score (nSPS) is 11.9. The van der Waals surface area contributed by atoms with Crippen LogP contribution in [0.5, 0.6) is 0 Å². The molecule has 0 aromatic carbocycles. The summed E-state index contributed by atoms with van der Waals surface area (Å²) in [5.74, 6) is -0.120. The highest BCUT2D eigenvalue weighted by atomic mass is 16.5. The molecule has 0 heterocycles. The Morgan fingerprint density at radius 1 is 1.58 bits per heavy atom. The van der Waals surface area contributed by atoms with Gasteiger partial charge in [-0.25, -0.2) is 4.79 Å². The third kappa shape index (κ3) is 3.92. The number of hydrogen-bond acceptors (Lipinski definition) is 4. The van der Waals surface area contributed by atoms with Crippen molar-refractivity contribution in [3.05, 3.63) is 0 Å². The summed E-state index contributed by atoms with van der Waals surface area (Å²) in [6.07, 6.45) is -0.173. The lowest BCUT2D eigenvalue weighted by atomic mass is 10.1. The van der Waals surface area contributed by atoms with E-state index in [1.54, 1.807) is 0 Å². The summed E-state index contributed by atoms with van der Waals surface area (Å²) in [5.41, 5.74) is 5.24. The minimum atomic E-state index is -0.608. The van der Waals surface area contributed by atoms with Gasteiger partial charge in [0, 0.05) is 0 Å². The SMILES string of the molecule is COC(=O)N[C@@H](CCN)C(C)=O. The highest BCUT2D eigenvalue weighted by Crippen LogP contribution is 1.92. The van der Waals surface area contributed by atoms with E-state index in [1.165, 1.54) is 14.0 Å². The van der Waals surface area contributed by atoms with Crippen LogP contribution in [0.15, 0.2) is 0 Å². The molecular formula is C7H14N2O3. The number of methoxy groups -OCH3 is 1. The number of nitrogens with two attached hydrogens (primary N) is 1. The maximum absolute atomic E-state index is 10.9. The van der Waals surface area contributed by atoms with Gasteiger partial charge in [0.05, 0.1) is 13.2 Å². The van der Waals surface area contributed by atoms with Gasteiger partial charge in [-0.1, -0.05) is 0 Å². The Labute approximate surface area is 71.3 Å². The fourth-order valence-corrected chi connectivity index (χ4v) is 0.745. The van der Waals surface area contributed by atoms with Gasteiger partial charge in [0.15, 0.2) is 5.78 Å². The average molecular weight is 174 g/mol. The van der Waals surface area contributed by atoms with Crippen molar-refractivity contribution >= 4 is 11.9 Å². The Hall–Kier alpha value is -1.10. The number of hydrogen-bond donors (Lipinski definition) is 2. The standard InChI is InChI=1S/C7H14N2O3/c1-5(10)6(3-4-8)9-7(11)12-2/h6H,3-4,8H2,1-2H3,(H,9,11)/t6-/m0/s1. The van der Waals surface area contributed by atoms with Gasteiger partial charge in [0.25, 0.3) is 0 Å². The Balaban J connectivity index is 3.95. The number of ether oxygens (including phenoxy) is 1. The number of ketones is 1. The molecule has 70 valence electrons. The molecule has 5 nitrogen and oxygen atoms in total. The van der Waals surface area contributed by atoms with Gasteiger partial charge < -0.3 is 15.8 Å². The van der Waals surface area contributed by atoms with Crippen LogP contribution in [0, 0.1) is 0 Å². The molecule has 5 heteroatoms. The number of carbonyl (C=O) groups excluding carboxylic acids is 2. The molecule has 3 N–H and O–H groups in total. The van der Waals surface area contributed by atoms with E-state index in [-0.39, 0.29) is 5.78 Å². The fourth-order valence-electron chi connectivity index (χ4n) is 0.745. The summed E-state index contributed by atoms with van der Waals surface area (Å²) in [6, 6.07) is -0.526. The number of nitrogens with one attached hydrogen (secondary N) is 1. The maximum Gasteiger partial charge on any atom is 0.407 e. The van der Waals surface area contributed by atoms with E-state index in [9.17, 15) is 9.59 Å². The summed E-state index contributed by atoms with van der Waals surface area (Å²) < 4.78 is 4.33. The number of Topliss-reactive ketones (excluding diaryl/α,β-unsaturated/α-hetero) is 1. The lowest BCUT2D eigenvalue weighted by Gasteiger charge is -2.13. The molecule has 0 spiro atoms. The van der Waals surface area contributed by atoms with Crippen molar-refractivity contribution in [3.8, 4) is 0 Å². The summed E-state index contributed by atoms with van der Waals surface area (Å²) in [5, 5.41) is 2.38. The van der Waals surface area contributed by atoms with Crippen molar-refractivity contribution in [1.82, 2.24) is 5.32 Å². The number of carbonyl (C=O) groups is 2. The highest BCUT2D eigenvalue weighted by Gasteiger charge is 2.15. The molecule has 0 saturated heterocycles. The molecule has 0 rings (SSSR count). The number of amides is 1. The molecule has 0 aromatic heterocycles. The molecule has 0 radical (unpaired) electrons. The van der Waals surface area contributed by atoms with Crippen LogP contribution in [0.3, 0.4) is 0 Å². The molecule has 0 aromatic rings. The van der Waals surface area contributed by atoms with E-state index in [2.05, 4.69) is 10.1 Å². The number of alkyl carbamates (subject to hydrolysis) is 1. The van der Waals surface area contributed by atoms with Crippen molar-refractivity contribution < 1.29 is 14.3 Å². The first-order chi connectivity index (χ1) is 5.61. The second-order valence-electron chi connectivity index (χ2n) is 2.38. The number of rotatable bonds is 4. The van der Waals surface area contributed by atoms with Gasteiger partial charge in [0.2, 0.25) is 0 Å². The van der Waals surface area contributed by atoms with E-state index in [1.807, 2.05) is 0 Å². The molecular weight excluding hydrogens is 160 g/mol. The molecule has 12 heavy (non-hydrogen) atoms. The van der Waals surface area contributed by atoms with Crippen molar-refractivity contribution in [1.29, 1.82) is 0 Å². The van der Waals surface area contributed by atoms with Gasteiger partial charge in [-0.3, -0.25) is 4.79 Å². The second kappa shape index (κ2) is 5.54. The van der Waals surface area contributed by atoms with Crippen LogP contribution in [0.2, 0.25) is 0 Å². The lowest BCUT2D eigenvalue weighted by Crippen LogP contribution is -2.40. The molecule has 0 unspecified atom stereocenters. The van der Waals surface area contributed by atoms with Crippen LogP contribution in [0.4, 0.5) is 4.79 Å². The van der Waals surface area contributed by atoms with Crippen molar-refractivity contribution in [2.24, 2.45) is 5.73 Å². The Morgan fingerprint density at radius 3 is 2.50 bits per heavy atom. The minimum Gasteiger partial charge on any atom is -0.453 e. The Bertz CT molecular complexity index is 168. The average Bonchev–Trinajstić information content (AvgIpc) is 2.03. The van der Waals surface area contributed by atoms with Gasteiger partial charge in [0.1, 0.15) is 0 Å². The minimum absolute atomic E-state index is 0.120. The van der Waals surface area contributed by atoms with Gasteiger partial charge >= 0.3 is 6.09 Å². The predicted octanol–water partition coefficient (Wildman–Crippen LogP) is -0.351. The van der Waals surface area contributed by atoms with Gasteiger partial charge in [-0.05, 0) is 19.9 Å². The highest BCUT2D eigenvalue weighted by molar-refractivity contribution is 5.85. The molecule has 1 amide bonds. The largest absolute Gasteiger partial charge is 0.453 e. The summed E-state index contributed by atoms with van der Waals surface area (Å²) in [7, 11) is 1.25. The van der Waals surface area contributed by atoms with Crippen molar-refractivity contribution in [2.45, 2.75) is 19.4 Å². The maximum atomic E-state index is 10.9. The summed E-state index contributed by atoms with van der Waals surface area (Å²) in [4.78, 5) is 21.5. The van der Waals surface area contributed by atoms with Gasteiger partial charge in [-0.2, -0.15) is 0 Å². The van der Waals surface area contributed by atoms with Crippen molar-refractivity contribution in [3.63, 3.8) is 0 Å². The summed E-state index contributed by atoms with van der Waals surface area (Å²) in [6.45, 7) is 1.75. The smallest absolute Gasteiger partial charge is 0.407 e. The first-order valence-corrected chi connectivity index (χ1v) is 3.66. The van der Waals surface area contributed by atoms with Crippen LogP contribution >= 0.6 is 0 Å². The molecule has 0 bridgehead atoms. The zero-order valence-corrected chi connectivity index (χ0v) is 7.29. The molecule has 0 saturated carbocycles. The monoisotopic (exact) mass is 174 g/mol. The van der Waals surface area contributed by atoms with Gasteiger partial charge in [-0.15, -0.1) is 0 Å². The predicted molar refractivity (Wildman–Crippen MR) is 43.7 cm³/mol. The van der Waals surface area contributed by atoms with Crippen molar-refractivity contribution in [2.75, 3.05) is 13.7 Å². The molecule has 1 atom stereocenters. The molecule has 0 aliphatic rings. The van der Waals surface area contributed by atoms with Crippen LogP contribution in [-0.4, -0.2) is 31.6 Å². The first kappa shape index (κ1) is 10.9. The van der Waals surface area contributed by atoms with E-state index in [0.717, 1.165) is 0 Å². The van der Waals surface area contributed by atoms with E-state index >= 15 is 0 Å². The molecule has 0 aliphatic heterocycles. The molecule has 0 fully saturated rings. The summed E-state index contributed by atoms with van der Waals surface area (Å²) >= 11 is 0. The fraction of sp³-hybridized carbons (Fsp3) is 0.714. The zero-order valence-electron chi connectivity index (χ0n) is 7.29. The van der Waals surface area contributed by atoms with Crippen LogP contribution in [-0.2, 0) is 9.53 Å². The van der Waals surface area contributed by atoms with E-state index in [4.69, 9.17) is 5.73 Å². The molecule has 0 aliphatic carbocycles. The Morgan fingerprint density at radius 2 is 2.17 bits per heavy atom. The van der Waals surface area contributed by atoms with E-state index < -0.39 is 12.1 Å². The third-order valence-corrected chi connectivity index (χ3v) is 1.42. The van der Waals surface area contributed by atoms with Crippen LogP contribution in [0.25, 0.3) is 0 Å². The van der Waals surface area contributed by atoms with E-state index in [0.29, 0.717) is 13.0 Å². The lowest BCUT2D eigenvalue weighted by molar-refractivity contribution is -0.119. The topological polar surface area (TPSA) is 81.4 Å². The van der Waals surface area contributed by atoms with Crippen LogP contribution in [0.1, 0.15) is 13.3 Å². The Kier molecular flexibility index (Phi) is 5.03. The first-order valence-electron chi connectivity index (χ1n) is 3.66.